The average molecular weight is 399 g/mol. The predicted molar refractivity (Wildman–Crippen MR) is 106 cm³/mol. The second-order valence-electron chi connectivity index (χ2n) is 7.77. The molecule has 1 aromatic heterocycles. The standard InChI is InChI=1S/C22H25NO6/c1-13(21(25)23-14-5-2-3-6-14)28-20(24)12-27-15-9-10-17-16-7-4-8-18(16)22(26)29-19(17)11-15/h9-11,13-14H,2-8,12H2,1H3,(H,23,25)/t13-/m0/s1. The van der Waals surface area contributed by atoms with E-state index in [9.17, 15) is 14.4 Å². The number of ether oxygens (including phenoxy) is 2. The molecule has 7 heteroatoms. The van der Waals surface area contributed by atoms with E-state index < -0.39 is 12.1 Å². The van der Waals surface area contributed by atoms with E-state index in [1.807, 2.05) is 6.07 Å². The molecule has 1 heterocycles. The molecular formula is C22H25NO6. The lowest BCUT2D eigenvalue weighted by Gasteiger charge is -2.17. The number of carbonyl (C=O) groups excluding carboxylic acids is 2. The van der Waals surface area contributed by atoms with E-state index in [1.165, 1.54) is 0 Å². The second-order valence-corrected chi connectivity index (χ2v) is 7.77. The number of fused-ring (bicyclic) bond motifs is 3. The summed E-state index contributed by atoms with van der Waals surface area (Å²) < 4.78 is 16.0. The van der Waals surface area contributed by atoms with Crippen molar-refractivity contribution in [3.8, 4) is 5.75 Å². The van der Waals surface area contributed by atoms with Gasteiger partial charge in [-0.2, -0.15) is 0 Å². The van der Waals surface area contributed by atoms with Crippen LogP contribution in [0.1, 0.15) is 50.2 Å². The van der Waals surface area contributed by atoms with Crippen molar-refractivity contribution in [2.24, 2.45) is 0 Å². The molecule has 4 rings (SSSR count). The quantitative estimate of drug-likeness (QED) is 0.593. The molecule has 1 amide bonds. The van der Waals surface area contributed by atoms with Crippen LogP contribution in [0.2, 0.25) is 0 Å². The highest BCUT2D eigenvalue weighted by molar-refractivity contribution is 5.84. The summed E-state index contributed by atoms with van der Waals surface area (Å²) in [6, 6.07) is 5.37. The molecule has 0 bridgehead atoms. The van der Waals surface area contributed by atoms with Crippen LogP contribution in [0.15, 0.2) is 27.4 Å². The largest absolute Gasteiger partial charge is 0.482 e. The second kappa shape index (κ2) is 8.27. The summed E-state index contributed by atoms with van der Waals surface area (Å²) in [6.45, 7) is 1.22. The molecule has 1 N–H and O–H groups in total. The zero-order valence-electron chi connectivity index (χ0n) is 16.5. The summed E-state index contributed by atoms with van der Waals surface area (Å²) in [7, 11) is 0. The van der Waals surface area contributed by atoms with Gasteiger partial charge in [-0.15, -0.1) is 0 Å². The predicted octanol–water partition coefficient (Wildman–Crippen LogP) is 2.65. The molecule has 1 aromatic carbocycles. The molecule has 1 fully saturated rings. The summed E-state index contributed by atoms with van der Waals surface area (Å²) in [4.78, 5) is 36.2. The third-order valence-electron chi connectivity index (χ3n) is 5.68. The van der Waals surface area contributed by atoms with E-state index in [2.05, 4.69) is 5.32 Å². The maximum absolute atomic E-state index is 12.1. The molecule has 29 heavy (non-hydrogen) atoms. The van der Waals surface area contributed by atoms with E-state index in [4.69, 9.17) is 13.9 Å². The molecule has 1 saturated carbocycles. The molecule has 0 unspecified atom stereocenters. The van der Waals surface area contributed by atoms with Crippen molar-refractivity contribution >= 4 is 22.8 Å². The van der Waals surface area contributed by atoms with Crippen LogP contribution in [0, 0.1) is 0 Å². The Morgan fingerprint density at radius 2 is 1.93 bits per heavy atom. The van der Waals surface area contributed by atoms with Gasteiger partial charge in [-0.1, -0.05) is 12.8 Å². The fourth-order valence-electron chi connectivity index (χ4n) is 4.17. The Morgan fingerprint density at radius 1 is 1.17 bits per heavy atom. The number of carbonyl (C=O) groups is 2. The minimum atomic E-state index is -0.871. The maximum Gasteiger partial charge on any atom is 0.344 e. The molecule has 7 nitrogen and oxygen atoms in total. The summed E-state index contributed by atoms with van der Waals surface area (Å²) in [6.07, 6.45) is 5.87. The van der Waals surface area contributed by atoms with Gasteiger partial charge < -0.3 is 19.2 Å². The van der Waals surface area contributed by atoms with Crippen LogP contribution >= 0.6 is 0 Å². The van der Waals surface area contributed by atoms with Gasteiger partial charge in [0.05, 0.1) is 0 Å². The van der Waals surface area contributed by atoms with Crippen LogP contribution < -0.4 is 15.7 Å². The van der Waals surface area contributed by atoms with Gasteiger partial charge in [-0.05, 0) is 56.7 Å². The average Bonchev–Trinajstić information content (AvgIpc) is 3.38. The zero-order valence-corrected chi connectivity index (χ0v) is 16.5. The van der Waals surface area contributed by atoms with Gasteiger partial charge in [-0.3, -0.25) is 4.79 Å². The molecule has 0 spiro atoms. The molecule has 1 atom stereocenters. The van der Waals surface area contributed by atoms with Gasteiger partial charge in [0.2, 0.25) is 0 Å². The Kier molecular flexibility index (Phi) is 5.56. The van der Waals surface area contributed by atoms with Crippen LogP contribution in [0.4, 0.5) is 0 Å². The van der Waals surface area contributed by atoms with Crippen LogP contribution in [-0.2, 0) is 27.2 Å². The fraction of sp³-hybridized carbons (Fsp3) is 0.500. The first-order chi connectivity index (χ1) is 14.0. The van der Waals surface area contributed by atoms with Gasteiger partial charge >= 0.3 is 11.6 Å². The summed E-state index contributed by atoms with van der Waals surface area (Å²) >= 11 is 0. The number of aryl methyl sites for hydroxylation is 1. The number of nitrogens with one attached hydrogen (secondary N) is 1. The van der Waals surface area contributed by atoms with Crippen molar-refractivity contribution in [2.75, 3.05) is 6.61 Å². The minimum Gasteiger partial charge on any atom is -0.482 e. The minimum absolute atomic E-state index is 0.175. The van der Waals surface area contributed by atoms with Crippen LogP contribution in [0.5, 0.6) is 5.75 Å². The normalized spacial score (nSPS) is 17.1. The summed E-state index contributed by atoms with van der Waals surface area (Å²) in [5, 5.41) is 3.81. The SMILES string of the molecule is C[C@H](OC(=O)COc1ccc2c3c(c(=O)oc2c1)CCC3)C(=O)NC1CCCC1. The third-order valence-corrected chi connectivity index (χ3v) is 5.68. The third kappa shape index (κ3) is 4.28. The Hall–Kier alpha value is -2.83. The number of benzene rings is 1. The van der Waals surface area contributed by atoms with Crippen molar-refractivity contribution in [3.05, 3.63) is 39.7 Å². The molecule has 154 valence electrons. The van der Waals surface area contributed by atoms with Gasteiger partial charge in [-0.25, -0.2) is 9.59 Å². The highest BCUT2D eigenvalue weighted by atomic mass is 16.6. The summed E-state index contributed by atoms with van der Waals surface area (Å²) in [5.41, 5.74) is 1.96. The smallest absolute Gasteiger partial charge is 0.344 e. The van der Waals surface area contributed by atoms with Crippen molar-refractivity contribution in [2.45, 2.75) is 64.0 Å². The molecular weight excluding hydrogens is 374 g/mol. The maximum atomic E-state index is 12.1. The van der Waals surface area contributed by atoms with Gasteiger partial charge in [0.25, 0.3) is 5.91 Å². The number of hydrogen-bond donors (Lipinski definition) is 1. The zero-order chi connectivity index (χ0) is 20.4. The fourth-order valence-corrected chi connectivity index (χ4v) is 4.17. The van der Waals surface area contributed by atoms with Crippen molar-refractivity contribution in [1.29, 1.82) is 0 Å². The first kappa shape index (κ1) is 19.5. The van der Waals surface area contributed by atoms with E-state index in [0.717, 1.165) is 61.5 Å². The molecule has 2 aromatic rings. The molecule has 2 aliphatic rings. The number of rotatable bonds is 6. The van der Waals surface area contributed by atoms with Crippen molar-refractivity contribution in [1.82, 2.24) is 5.32 Å². The highest BCUT2D eigenvalue weighted by Gasteiger charge is 2.23. The number of esters is 1. The first-order valence-corrected chi connectivity index (χ1v) is 10.2. The molecule has 0 radical (unpaired) electrons. The Balaban J connectivity index is 1.34. The van der Waals surface area contributed by atoms with E-state index >= 15 is 0 Å². The van der Waals surface area contributed by atoms with E-state index in [0.29, 0.717) is 11.3 Å². The lowest BCUT2D eigenvalue weighted by atomic mass is 10.1. The van der Waals surface area contributed by atoms with Crippen molar-refractivity contribution in [3.63, 3.8) is 0 Å². The Morgan fingerprint density at radius 3 is 2.72 bits per heavy atom. The van der Waals surface area contributed by atoms with Crippen LogP contribution in [0.25, 0.3) is 11.0 Å². The lowest BCUT2D eigenvalue weighted by molar-refractivity contribution is -0.156. The molecule has 0 saturated heterocycles. The van der Waals surface area contributed by atoms with E-state index in [1.54, 1.807) is 19.1 Å². The lowest BCUT2D eigenvalue weighted by Crippen LogP contribution is -2.41. The topological polar surface area (TPSA) is 94.8 Å². The molecule has 2 aliphatic carbocycles. The van der Waals surface area contributed by atoms with Gasteiger partial charge in [0, 0.05) is 23.1 Å². The van der Waals surface area contributed by atoms with Crippen molar-refractivity contribution < 1.29 is 23.5 Å². The van der Waals surface area contributed by atoms with Gasteiger partial charge in [0.15, 0.2) is 12.7 Å². The van der Waals surface area contributed by atoms with Gasteiger partial charge in [0.1, 0.15) is 11.3 Å². The number of hydrogen-bond acceptors (Lipinski definition) is 6. The monoisotopic (exact) mass is 399 g/mol. The Bertz CT molecular complexity index is 989. The Labute approximate surface area is 168 Å². The summed E-state index contributed by atoms with van der Waals surface area (Å²) in [5.74, 6) is -0.514. The number of amides is 1. The first-order valence-electron chi connectivity index (χ1n) is 10.2. The molecule has 0 aliphatic heterocycles. The van der Waals surface area contributed by atoms with Crippen LogP contribution in [0.3, 0.4) is 0 Å². The van der Waals surface area contributed by atoms with Crippen LogP contribution in [-0.4, -0.2) is 30.6 Å². The highest BCUT2D eigenvalue weighted by Crippen LogP contribution is 2.29. The van der Waals surface area contributed by atoms with E-state index in [-0.39, 0.29) is 24.2 Å².